The van der Waals surface area contributed by atoms with Crippen LogP contribution in [0.3, 0.4) is 0 Å². The van der Waals surface area contributed by atoms with Crippen molar-refractivity contribution in [3.63, 3.8) is 0 Å². The zero-order chi connectivity index (χ0) is 12.8. The van der Waals surface area contributed by atoms with E-state index < -0.39 is 0 Å². The second-order valence-electron chi connectivity index (χ2n) is 4.55. The van der Waals surface area contributed by atoms with Crippen LogP contribution in [0.25, 0.3) is 0 Å². The van der Waals surface area contributed by atoms with Crippen LogP contribution in [0.4, 0.5) is 0 Å². The van der Waals surface area contributed by atoms with E-state index >= 15 is 0 Å². The fourth-order valence-electron chi connectivity index (χ4n) is 2.10. The van der Waals surface area contributed by atoms with Gasteiger partial charge in [-0.3, -0.25) is 0 Å². The van der Waals surface area contributed by atoms with Crippen molar-refractivity contribution in [3.8, 4) is 0 Å². The Bertz CT molecular complexity index is 467. The van der Waals surface area contributed by atoms with E-state index in [4.69, 9.17) is 17.3 Å². The van der Waals surface area contributed by atoms with Crippen LogP contribution in [0.15, 0.2) is 41.8 Å². The molecule has 0 saturated heterocycles. The first kappa shape index (κ1) is 13.6. The average molecular weight is 280 g/mol. The van der Waals surface area contributed by atoms with Crippen LogP contribution in [-0.4, -0.2) is 6.54 Å². The first-order valence-electron chi connectivity index (χ1n) is 6.25. The van der Waals surface area contributed by atoms with Crippen LogP contribution in [-0.2, 0) is 12.8 Å². The van der Waals surface area contributed by atoms with E-state index in [1.165, 1.54) is 10.4 Å². The molecule has 0 amide bonds. The fraction of sp³-hybridized carbons (Fsp3) is 0.333. The summed E-state index contributed by atoms with van der Waals surface area (Å²) in [7, 11) is 0. The summed E-state index contributed by atoms with van der Waals surface area (Å²) in [6.45, 7) is 0.734. The van der Waals surface area contributed by atoms with Crippen LogP contribution >= 0.6 is 22.9 Å². The fourth-order valence-corrected chi connectivity index (χ4v) is 3.04. The van der Waals surface area contributed by atoms with E-state index in [2.05, 4.69) is 23.6 Å². The Balaban J connectivity index is 1.89. The summed E-state index contributed by atoms with van der Waals surface area (Å²) >= 11 is 7.82. The predicted molar refractivity (Wildman–Crippen MR) is 80.3 cm³/mol. The summed E-state index contributed by atoms with van der Waals surface area (Å²) in [4.78, 5) is 1.44. The Hall–Kier alpha value is -0.830. The van der Waals surface area contributed by atoms with Gasteiger partial charge in [0.25, 0.3) is 0 Å². The summed E-state index contributed by atoms with van der Waals surface area (Å²) in [5.41, 5.74) is 7.15. The molecule has 0 saturated carbocycles. The summed E-state index contributed by atoms with van der Waals surface area (Å²) in [5.74, 6) is 0.533. The second kappa shape index (κ2) is 6.93. The smallest absolute Gasteiger partial charge is 0.0408 e. The lowest BCUT2D eigenvalue weighted by molar-refractivity contribution is 0.496. The normalized spacial score (nSPS) is 12.6. The van der Waals surface area contributed by atoms with Gasteiger partial charge in [-0.1, -0.05) is 29.8 Å². The number of hydrogen-bond acceptors (Lipinski definition) is 2. The molecule has 0 aliphatic rings. The number of halogens is 1. The van der Waals surface area contributed by atoms with Gasteiger partial charge in [0.05, 0.1) is 0 Å². The molecule has 2 aromatic rings. The van der Waals surface area contributed by atoms with Crippen molar-refractivity contribution in [1.29, 1.82) is 0 Å². The molecule has 18 heavy (non-hydrogen) atoms. The Labute approximate surface area is 118 Å². The van der Waals surface area contributed by atoms with Crippen LogP contribution < -0.4 is 5.73 Å². The monoisotopic (exact) mass is 279 g/mol. The molecule has 1 unspecified atom stereocenters. The van der Waals surface area contributed by atoms with Gasteiger partial charge in [-0.05, 0) is 60.9 Å². The molecule has 1 aromatic heterocycles. The average Bonchev–Trinajstić information content (AvgIpc) is 2.87. The Morgan fingerprint density at radius 2 is 2.11 bits per heavy atom. The van der Waals surface area contributed by atoms with Crippen LogP contribution in [0.1, 0.15) is 16.9 Å². The molecule has 0 bridgehead atoms. The van der Waals surface area contributed by atoms with Gasteiger partial charge >= 0.3 is 0 Å². The summed E-state index contributed by atoms with van der Waals surface area (Å²) in [6.07, 6.45) is 3.28. The molecule has 1 aromatic carbocycles. The van der Waals surface area contributed by atoms with E-state index in [1.54, 1.807) is 0 Å². The lowest BCUT2D eigenvalue weighted by Gasteiger charge is -2.14. The molecule has 2 N–H and O–H groups in total. The summed E-state index contributed by atoms with van der Waals surface area (Å²) < 4.78 is 0. The minimum atomic E-state index is 0.533. The zero-order valence-electron chi connectivity index (χ0n) is 10.3. The standard InChI is InChI=1S/C15H18ClNS/c16-14-4-1-3-12(10-14)9-13(11-17)6-7-15-5-2-8-18-15/h1-5,8,10,13H,6-7,9,11,17H2. The molecular weight excluding hydrogens is 262 g/mol. The van der Waals surface area contributed by atoms with Gasteiger partial charge in [0.2, 0.25) is 0 Å². The molecule has 0 fully saturated rings. The lowest BCUT2D eigenvalue weighted by Crippen LogP contribution is -2.17. The third-order valence-electron chi connectivity index (χ3n) is 3.13. The minimum Gasteiger partial charge on any atom is -0.330 e. The molecule has 3 heteroatoms. The van der Waals surface area contributed by atoms with Crippen molar-refractivity contribution in [3.05, 3.63) is 57.2 Å². The molecule has 1 heterocycles. The van der Waals surface area contributed by atoms with Crippen molar-refractivity contribution in [2.24, 2.45) is 11.7 Å². The highest BCUT2D eigenvalue weighted by Crippen LogP contribution is 2.19. The Morgan fingerprint density at radius 1 is 1.22 bits per heavy atom. The van der Waals surface area contributed by atoms with E-state index in [0.717, 1.165) is 30.8 Å². The maximum atomic E-state index is 6.00. The van der Waals surface area contributed by atoms with E-state index in [1.807, 2.05) is 29.5 Å². The van der Waals surface area contributed by atoms with E-state index in [0.29, 0.717) is 5.92 Å². The van der Waals surface area contributed by atoms with Gasteiger partial charge in [-0.2, -0.15) is 0 Å². The maximum absolute atomic E-state index is 6.00. The van der Waals surface area contributed by atoms with Gasteiger partial charge in [-0.25, -0.2) is 0 Å². The van der Waals surface area contributed by atoms with Gasteiger partial charge in [0.1, 0.15) is 0 Å². The van der Waals surface area contributed by atoms with Crippen LogP contribution in [0, 0.1) is 5.92 Å². The van der Waals surface area contributed by atoms with Gasteiger partial charge < -0.3 is 5.73 Å². The number of nitrogens with two attached hydrogens (primary N) is 1. The largest absolute Gasteiger partial charge is 0.330 e. The summed E-state index contributed by atoms with van der Waals surface area (Å²) in [6, 6.07) is 12.4. The molecule has 0 aliphatic heterocycles. The number of thiophene rings is 1. The van der Waals surface area contributed by atoms with E-state index in [-0.39, 0.29) is 0 Å². The molecule has 96 valence electrons. The molecule has 2 rings (SSSR count). The summed E-state index contributed by atoms with van der Waals surface area (Å²) in [5, 5.41) is 2.94. The minimum absolute atomic E-state index is 0.533. The molecule has 0 aliphatic carbocycles. The quantitative estimate of drug-likeness (QED) is 0.844. The SMILES string of the molecule is NCC(CCc1cccs1)Cc1cccc(Cl)c1. The molecule has 0 radical (unpaired) electrons. The van der Waals surface area contributed by atoms with E-state index in [9.17, 15) is 0 Å². The molecule has 0 spiro atoms. The van der Waals surface area contributed by atoms with Gasteiger partial charge in [0.15, 0.2) is 0 Å². The van der Waals surface area contributed by atoms with Crippen molar-refractivity contribution in [2.45, 2.75) is 19.3 Å². The number of benzene rings is 1. The Kier molecular flexibility index (Phi) is 5.24. The van der Waals surface area contributed by atoms with Gasteiger partial charge in [0, 0.05) is 9.90 Å². The predicted octanol–water partition coefficient (Wildman–Crippen LogP) is 4.15. The number of aryl methyl sites for hydroxylation is 1. The van der Waals surface area contributed by atoms with Crippen LogP contribution in [0.5, 0.6) is 0 Å². The molecule has 1 nitrogen and oxygen atoms in total. The van der Waals surface area contributed by atoms with Crippen molar-refractivity contribution in [1.82, 2.24) is 0 Å². The van der Waals surface area contributed by atoms with Gasteiger partial charge in [-0.15, -0.1) is 11.3 Å². The highest BCUT2D eigenvalue weighted by Gasteiger charge is 2.09. The topological polar surface area (TPSA) is 26.0 Å². The molecular formula is C15H18ClNS. The third-order valence-corrected chi connectivity index (χ3v) is 4.30. The van der Waals surface area contributed by atoms with Crippen molar-refractivity contribution in [2.75, 3.05) is 6.54 Å². The highest BCUT2D eigenvalue weighted by atomic mass is 35.5. The first-order chi connectivity index (χ1) is 8.78. The zero-order valence-corrected chi connectivity index (χ0v) is 11.9. The maximum Gasteiger partial charge on any atom is 0.0408 e. The number of hydrogen-bond donors (Lipinski definition) is 1. The van der Waals surface area contributed by atoms with Crippen molar-refractivity contribution < 1.29 is 0 Å². The Morgan fingerprint density at radius 3 is 2.78 bits per heavy atom. The third kappa shape index (κ3) is 4.13. The second-order valence-corrected chi connectivity index (χ2v) is 6.02. The van der Waals surface area contributed by atoms with Crippen molar-refractivity contribution >= 4 is 22.9 Å². The molecule has 1 atom stereocenters. The number of rotatable bonds is 6. The lowest BCUT2D eigenvalue weighted by atomic mass is 9.94. The highest BCUT2D eigenvalue weighted by molar-refractivity contribution is 7.09. The van der Waals surface area contributed by atoms with Crippen LogP contribution in [0.2, 0.25) is 5.02 Å². The first-order valence-corrected chi connectivity index (χ1v) is 7.50.